The average Bonchev–Trinajstić information content (AvgIpc) is 2.64. The first-order chi connectivity index (χ1) is 12.9. The fraction of sp³-hybridized carbons (Fsp3) is 0.435. The van der Waals surface area contributed by atoms with Crippen LogP contribution in [0.3, 0.4) is 0 Å². The van der Waals surface area contributed by atoms with E-state index in [-0.39, 0.29) is 11.9 Å². The smallest absolute Gasteiger partial charge is 0.220 e. The van der Waals surface area contributed by atoms with Crippen LogP contribution in [0.2, 0.25) is 0 Å². The Morgan fingerprint density at radius 1 is 1.00 bits per heavy atom. The lowest BCUT2D eigenvalue weighted by molar-refractivity contribution is -0.121. The van der Waals surface area contributed by atoms with E-state index < -0.39 is 0 Å². The molecule has 2 aromatic carbocycles. The van der Waals surface area contributed by atoms with E-state index in [1.807, 2.05) is 39.0 Å². The maximum Gasteiger partial charge on any atom is 0.220 e. The maximum absolute atomic E-state index is 12.4. The van der Waals surface area contributed by atoms with Gasteiger partial charge in [-0.2, -0.15) is 0 Å². The van der Waals surface area contributed by atoms with Crippen LogP contribution in [0.4, 0.5) is 0 Å². The highest BCUT2D eigenvalue weighted by Crippen LogP contribution is 2.29. The molecule has 1 N–H and O–H groups in total. The zero-order valence-electron chi connectivity index (χ0n) is 17.1. The summed E-state index contributed by atoms with van der Waals surface area (Å²) < 4.78 is 11.2. The molecule has 0 radical (unpaired) electrons. The molecule has 0 aromatic heterocycles. The minimum absolute atomic E-state index is 0.00304. The molecule has 1 amide bonds. The van der Waals surface area contributed by atoms with Crippen molar-refractivity contribution in [3.63, 3.8) is 0 Å². The van der Waals surface area contributed by atoms with Gasteiger partial charge < -0.3 is 14.8 Å². The Morgan fingerprint density at radius 2 is 1.70 bits per heavy atom. The van der Waals surface area contributed by atoms with Gasteiger partial charge in [0.2, 0.25) is 5.91 Å². The van der Waals surface area contributed by atoms with Crippen LogP contribution in [0.1, 0.15) is 55.5 Å². The number of rotatable bonds is 9. The van der Waals surface area contributed by atoms with E-state index in [4.69, 9.17) is 9.47 Å². The van der Waals surface area contributed by atoms with E-state index in [0.717, 1.165) is 17.1 Å². The SMILES string of the molecule is CCOc1ccc(CCC(=O)NC(C)c2cc(C)ccc2C)cc1OCC. The van der Waals surface area contributed by atoms with Gasteiger partial charge >= 0.3 is 0 Å². The lowest BCUT2D eigenvalue weighted by Crippen LogP contribution is -2.27. The molecule has 1 atom stereocenters. The molecular formula is C23H31NO3. The van der Waals surface area contributed by atoms with Gasteiger partial charge in [-0.05, 0) is 69.9 Å². The van der Waals surface area contributed by atoms with Crippen molar-refractivity contribution in [1.29, 1.82) is 0 Å². The van der Waals surface area contributed by atoms with Crippen molar-refractivity contribution in [2.45, 2.75) is 53.5 Å². The number of hydrogen-bond donors (Lipinski definition) is 1. The fourth-order valence-corrected chi connectivity index (χ4v) is 3.13. The number of carbonyl (C=O) groups is 1. The molecule has 0 bridgehead atoms. The highest BCUT2D eigenvalue weighted by molar-refractivity contribution is 5.76. The van der Waals surface area contributed by atoms with Crippen molar-refractivity contribution < 1.29 is 14.3 Å². The Kier molecular flexibility index (Phi) is 7.71. The number of nitrogens with one attached hydrogen (secondary N) is 1. The Hall–Kier alpha value is -2.49. The second-order valence-electron chi connectivity index (χ2n) is 6.80. The molecule has 2 rings (SSSR count). The predicted octanol–water partition coefficient (Wildman–Crippen LogP) is 4.91. The third-order valence-corrected chi connectivity index (χ3v) is 4.53. The Labute approximate surface area is 162 Å². The molecule has 4 nitrogen and oxygen atoms in total. The number of ether oxygens (including phenoxy) is 2. The van der Waals surface area contributed by atoms with Crippen molar-refractivity contribution >= 4 is 5.91 Å². The van der Waals surface area contributed by atoms with Crippen molar-refractivity contribution in [1.82, 2.24) is 5.32 Å². The maximum atomic E-state index is 12.4. The minimum atomic E-state index is -0.00304. The molecule has 0 aliphatic heterocycles. The first kappa shape index (κ1) is 20.8. The van der Waals surface area contributed by atoms with Gasteiger partial charge in [-0.1, -0.05) is 29.8 Å². The standard InChI is InChI=1S/C23H31NO3/c1-6-26-21-12-10-19(15-22(21)27-7-2)11-13-23(25)24-18(5)20-14-16(3)8-9-17(20)4/h8-10,12,14-15,18H,6-7,11,13H2,1-5H3,(H,24,25). The summed E-state index contributed by atoms with van der Waals surface area (Å²) in [5.41, 5.74) is 4.63. The van der Waals surface area contributed by atoms with Crippen LogP contribution in [-0.2, 0) is 11.2 Å². The first-order valence-corrected chi connectivity index (χ1v) is 9.69. The molecule has 0 saturated carbocycles. The lowest BCUT2D eigenvalue weighted by Gasteiger charge is -2.17. The number of carbonyl (C=O) groups excluding carboxylic acids is 1. The van der Waals surface area contributed by atoms with Crippen molar-refractivity contribution in [3.8, 4) is 11.5 Å². The molecule has 27 heavy (non-hydrogen) atoms. The predicted molar refractivity (Wildman–Crippen MR) is 110 cm³/mol. The van der Waals surface area contributed by atoms with Gasteiger partial charge in [0.1, 0.15) is 0 Å². The minimum Gasteiger partial charge on any atom is -0.490 e. The van der Waals surface area contributed by atoms with Gasteiger partial charge in [0.15, 0.2) is 11.5 Å². The summed E-state index contributed by atoms with van der Waals surface area (Å²) in [7, 11) is 0. The van der Waals surface area contributed by atoms with E-state index >= 15 is 0 Å². The monoisotopic (exact) mass is 369 g/mol. The van der Waals surface area contributed by atoms with Gasteiger partial charge in [-0.15, -0.1) is 0 Å². The topological polar surface area (TPSA) is 47.6 Å². The number of aryl methyl sites for hydroxylation is 3. The Balaban J connectivity index is 1.96. The summed E-state index contributed by atoms with van der Waals surface area (Å²) in [6, 6.07) is 12.2. The van der Waals surface area contributed by atoms with E-state index in [0.29, 0.717) is 26.1 Å². The van der Waals surface area contributed by atoms with Crippen LogP contribution in [0.15, 0.2) is 36.4 Å². The van der Waals surface area contributed by atoms with Crippen molar-refractivity contribution in [2.24, 2.45) is 0 Å². The summed E-state index contributed by atoms with van der Waals surface area (Å²) in [5, 5.41) is 3.11. The summed E-state index contributed by atoms with van der Waals surface area (Å²) in [5.74, 6) is 1.53. The van der Waals surface area contributed by atoms with Crippen LogP contribution in [0, 0.1) is 13.8 Å². The molecule has 0 saturated heterocycles. The number of benzene rings is 2. The second-order valence-corrected chi connectivity index (χ2v) is 6.80. The first-order valence-electron chi connectivity index (χ1n) is 9.69. The fourth-order valence-electron chi connectivity index (χ4n) is 3.13. The van der Waals surface area contributed by atoms with Gasteiger partial charge in [0.05, 0.1) is 19.3 Å². The van der Waals surface area contributed by atoms with Crippen LogP contribution in [0.25, 0.3) is 0 Å². The van der Waals surface area contributed by atoms with Gasteiger partial charge in [-0.25, -0.2) is 0 Å². The number of hydrogen-bond acceptors (Lipinski definition) is 3. The van der Waals surface area contributed by atoms with Crippen LogP contribution in [0.5, 0.6) is 11.5 Å². The zero-order valence-corrected chi connectivity index (χ0v) is 17.1. The second kappa shape index (κ2) is 10.0. The van der Waals surface area contributed by atoms with Crippen LogP contribution >= 0.6 is 0 Å². The van der Waals surface area contributed by atoms with Crippen LogP contribution < -0.4 is 14.8 Å². The Morgan fingerprint density at radius 3 is 2.41 bits per heavy atom. The normalized spacial score (nSPS) is 11.7. The molecule has 0 fully saturated rings. The van der Waals surface area contributed by atoms with Crippen molar-refractivity contribution in [2.75, 3.05) is 13.2 Å². The average molecular weight is 370 g/mol. The van der Waals surface area contributed by atoms with E-state index in [1.165, 1.54) is 16.7 Å². The van der Waals surface area contributed by atoms with Gasteiger partial charge in [-0.3, -0.25) is 4.79 Å². The van der Waals surface area contributed by atoms with Crippen LogP contribution in [-0.4, -0.2) is 19.1 Å². The molecule has 0 aliphatic carbocycles. The van der Waals surface area contributed by atoms with Gasteiger partial charge in [0.25, 0.3) is 0 Å². The summed E-state index contributed by atoms with van der Waals surface area (Å²) in [6.07, 6.45) is 1.10. The molecule has 2 aromatic rings. The van der Waals surface area contributed by atoms with Gasteiger partial charge in [0, 0.05) is 6.42 Å². The quantitative estimate of drug-likeness (QED) is 0.683. The molecule has 4 heteroatoms. The largest absolute Gasteiger partial charge is 0.490 e. The lowest BCUT2D eigenvalue weighted by atomic mass is 9.99. The summed E-state index contributed by atoms with van der Waals surface area (Å²) in [4.78, 5) is 12.4. The molecule has 0 spiro atoms. The summed E-state index contributed by atoms with van der Waals surface area (Å²) in [6.45, 7) is 11.3. The van der Waals surface area contributed by atoms with E-state index in [2.05, 4.69) is 37.4 Å². The van der Waals surface area contributed by atoms with Crippen molar-refractivity contribution in [3.05, 3.63) is 58.7 Å². The van der Waals surface area contributed by atoms with E-state index in [9.17, 15) is 4.79 Å². The summed E-state index contributed by atoms with van der Waals surface area (Å²) >= 11 is 0. The Bertz CT molecular complexity index is 770. The molecule has 0 aliphatic rings. The molecule has 146 valence electrons. The highest BCUT2D eigenvalue weighted by atomic mass is 16.5. The zero-order chi connectivity index (χ0) is 19.8. The highest BCUT2D eigenvalue weighted by Gasteiger charge is 2.13. The molecular weight excluding hydrogens is 338 g/mol. The van der Waals surface area contributed by atoms with E-state index in [1.54, 1.807) is 0 Å². The number of amides is 1. The molecule has 1 unspecified atom stereocenters. The third kappa shape index (κ3) is 6.02. The molecule has 0 heterocycles. The third-order valence-electron chi connectivity index (χ3n) is 4.53.